The second kappa shape index (κ2) is 74.5. The van der Waals surface area contributed by atoms with Crippen LogP contribution in [0.1, 0.15) is 309 Å². The zero-order valence-corrected chi connectivity index (χ0v) is 63.0. The van der Waals surface area contributed by atoms with Gasteiger partial charge in [-0.15, -0.1) is 0 Å². The molecule has 98 heavy (non-hydrogen) atoms. The van der Waals surface area contributed by atoms with E-state index in [0.29, 0.717) is 45.3 Å². The standard InChI is InChI=1S/C79H138O17P2/c1-3-5-7-9-11-13-15-17-19-20-22-28-34-40-46-52-58-64-79(84)96-77(71-89-67-61-55-49-43-37-31-25-23-29-35-41-47-53-59-65-80)74-95-98(87,88)93-70-75(82)69-92-97(85,86)94-73-76(90-68-62-56-50-44-38-32-26-24-30-36-42-48-54-60-66-81)72-91-78(83)63-57-51-45-39-33-27-21-18-16-14-12-10-8-6-4-2/h11-14,17-19,21-26,28,40,46,65-66,75-77,82H,3-10,15-16,20,27,29-39,41-45,47-64,67-74H2,1-2H3,(H,85,86)(H,87,88)/b13-11-,14-12-,19-17-,21-18-,25-23-,26-24-,28-22-,46-40-/t75-,76-,77-/m1/s1. The number of ether oxygens (including phenoxy) is 4. The van der Waals surface area contributed by atoms with E-state index in [4.69, 9.17) is 37.0 Å². The van der Waals surface area contributed by atoms with E-state index in [1.54, 1.807) is 0 Å². The van der Waals surface area contributed by atoms with Crippen molar-refractivity contribution < 1.29 is 80.2 Å². The molecule has 0 fully saturated rings. The van der Waals surface area contributed by atoms with Crippen molar-refractivity contribution >= 4 is 40.2 Å². The molecule has 0 aliphatic heterocycles. The number of phosphoric acid groups is 2. The Morgan fingerprint density at radius 3 is 1.07 bits per heavy atom. The first-order chi connectivity index (χ1) is 47.9. The molecule has 0 saturated heterocycles. The Morgan fingerprint density at radius 1 is 0.337 bits per heavy atom. The zero-order valence-electron chi connectivity index (χ0n) is 61.3. The van der Waals surface area contributed by atoms with E-state index in [1.807, 2.05) is 6.08 Å². The average Bonchev–Trinajstić information content (AvgIpc) is 1.01. The lowest BCUT2D eigenvalue weighted by molar-refractivity contribution is -0.154. The molecule has 0 radical (unpaired) electrons. The van der Waals surface area contributed by atoms with Gasteiger partial charge in [-0.25, -0.2) is 9.13 Å². The largest absolute Gasteiger partial charge is 0.472 e. The second-order valence-corrected chi connectivity index (χ2v) is 28.4. The quantitative estimate of drug-likeness (QED) is 0.0169. The van der Waals surface area contributed by atoms with Crippen LogP contribution in [0.25, 0.3) is 0 Å². The average molecular weight is 1420 g/mol. The molecule has 0 aromatic rings. The summed E-state index contributed by atoms with van der Waals surface area (Å²) in [6, 6.07) is 0. The Bertz CT molecular complexity index is 2170. The SMILES string of the molecule is CCCCC/C=C\C/C=C\C/C=C\C/C=C\CCCC(=O)O[C@H](COCCCCCCC/C=C\CCCCCCC=O)COP(=O)(O)OC[C@H](O)COP(=O)(O)OC[C@@H](COC(=O)CCCCCCC/C=C\C/C=C\CCCCC)OCCCCCCC/C=C\CCCCCCC=O. The molecular weight excluding hydrogens is 1280 g/mol. The number of phosphoric ester groups is 2. The van der Waals surface area contributed by atoms with Crippen molar-refractivity contribution in [2.45, 2.75) is 328 Å². The number of hydrogen-bond donors (Lipinski definition) is 3. The van der Waals surface area contributed by atoms with Crippen LogP contribution in [0.3, 0.4) is 0 Å². The van der Waals surface area contributed by atoms with Crippen molar-refractivity contribution in [3.8, 4) is 0 Å². The van der Waals surface area contributed by atoms with Gasteiger partial charge in [-0.2, -0.15) is 0 Å². The number of carbonyl (C=O) groups is 4. The lowest BCUT2D eigenvalue weighted by Crippen LogP contribution is -2.29. The molecule has 2 unspecified atom stereocenters. The predicted octanol–water partition coefficient (Wildman–Crippen LogP) is 21.3. The molecule has 566 valence electrons. The van der Waals surface area contributed by atoms with Gasteiger partial charge in [0, 0.05) is 38.9 Å². The molecule has 0 rings (SSSR count). The number of allylic oxidation sites excluding steroid dienone is 16. The molecule has 0 amide bonds. The Morgan fingerprint density at radius 2 is 0.653 bits per heavy atom. The van der Waals surface area contributed by atoms with Gasteiger partial charge in [0.05, 0.1) is 33.0 Å². The van der Waals surface area contributed by atoms with Crippen molar-refractivity contribution in [3.63, 3.8) is 0 Å². The number of carbonyl (C=O) groups excluding carboxylic acids is 4. The van der Waals surface area contributed by atoms with Crippen molar-refractivity contribution in [3.05, 3.63) is 97.2 Å². The van der Waals surface area contributed by atoms with Crippen LogP contribution in [0.15, 0.2) is 97.2 Å². The Labute approximate surface area is 595 Å². The fourth-order valence-electron chi connectivity index (χ4n) is 10.1. The molecule has 3 N–H and O–H groups in total. The van der Waals surface area contributed by atoms with Crippen LogP contribution in [0.5, 0.6) is 0 Å². The summed E-state index contributed by atoms with van der Waals surface area (Å²) >= 11 is 0. The summed E-state index contributed by atoms with van der Waals surface area (Å²) in [5.41, 5.74) is 0. The third-order valence-electron chi connectivity index (χ3n) is 16.0. The normalized spacial score (nSPS) is 14.5. The van der Waals surface area contributed by atoms with E-state index in [2.05, 4.69) is 105 Å². The van der Waals surface area contributed by atoms with Gasteiger partial charge >= 0.3 is 27.6 Å². The minimum absolute atomic E-state index is 0.0929. The van der Waals surface area contributed by atoms with Gasteiger partial charge in [-0.05, 0) is 161 Å². The maximum atomic E-state index is 13.1. The molecule has 0 saturated carbocycles. The number of unbranched alkanes of at least 4 members (excludes halogenated alkanes) is 32. The summed E-state index contributed by atoms with van der Waals surface area (Å²) in [5.74, 6) is -0.924. The van der Waals surface area contributed by atoms with E-state index in [0.717, 1.165) is 224 Å². The van der Waals surface area contributed by atoms with Gasteiger partial charge in [0.1, 0.15) is 37.5 Å². The molecule has 0 aliphatic rings. The predicted molar refractivity (Wildman–Crippen MR) is 400 cm³/mol. The molecule has 0 aromatic carbocycles. The highest BCUT2D eigenvalue weighted by atomic mass is 31.2. The van der Waals surface area contributed by atoms with Gasteiger partial charge in [0.2, 0.25) is 0 Å². The van der Waals surface area contributed by atoms with E-state index < -0.39 is 72.3 Å². The molecule has 0 spiro atoms. The Hall–Kier alpha value is -3.70. The molecule has 0 heterocycles. The molecule has 0 bridgehead atoms. The summed E-state index contributed by atoms with van der Waals surface area (Å²) < 4.78 is 69.8. The number of hydrogen-bond acceptors (Lipinski definition) is 15. The number of esters is 2. The van der Waals surface area contributed by atoms with Gasteiger partial charge in [0.15, 0.2) is 0 Å². The van der Waals surface area contributed by atoms with E-state index in [-0.39, 0.29) is 26.1 Å². The van der Waals surface area contributed by atoms with Gasteiger partial charge in [-0.1, -0.05) is 220 Å². The Balaban J connectivity index is 5.27. The maximum Gasteiger partial charge on any atom is 0.472 e. The highest BCUT2D eigenvalue weighted by molar-refractivity contribution is 7.47. The number of rotatable bonds is 76. The molecule has 5 atom stereocenters. The van der Waals surface area contributed by atoms with Gasteiger partial charge < -0.3 is 43.4 Å². The summed E-state index contributed by atoms with van der Waals surface area (Å²) in [7, 11) is -9.71. The summed E-state index contributed by atoms with van der Waals surface area (Å²) in [5, 5.41) is 10.6. The Kier molecular flexibility index (Phi) is 71.7. The summed E-state index contributed by atoms with van der Waals surface area (Å²) in [6.45, 7) is 2.15. The van der Waals surface area contributed by atoms with Crippen LogP contribution in [0, 0.1) is 0 Å². The number of aliphatic hydroxyl groups is 1. The second-order valence-electron chi connectivity index (χ2n) is 25.5. The number of aldehydes is 2. The molecule has 19 heteroatoms. The molecule has 0 aliphatic carbocycles. The topological polar surface area (TPSA) is 237 Å². The number of aliphatic hydroxyl groups excluding tert-OH is 1. The van der Waals surface area contributed by atoms with Crippen LogP contribution in [-0.2, 0) is 65.4 Å². The van der Waals surface area contributed by atoms with Crippen LogP contribution in [0.4, 0.5) is 0 Å². The fraction of sp³-hybridized carbons (Fsp3) is 0.747. The summed E-state index contributed by atoms with van der Waals surface area (Å²) in [6.07, 6.45) is 78.0. The third kappa shape index (κ3) is 73.5. The molecule has 0 aromatic heterocycles. The van der Waals surface area contributed by atoms with E-state index in [1.165, 1.54) is 38.5 Å². The van der Waals surface area contributed by atoms with E-state index in [9.17, 15) is 43.2 Å². The first-order valence-corrected chi connectivity index (χ1v) is 41.4. The van der Waals surface area contributed by atoms with Crippen molar-refractivity contribution in [1.29, 1.82) is 0 Å². The van der Waals surface area contributed by atoms with Crippen LogP contribution >= 0.6 is 15.6 Å². The van der Waals surface area contributed by atoms with Crippen molar-refractivity contribution in [1.82, 2.24) is 0 Å². The fourth-order valence-corrected chi connectivity index (χ4v) is 11.7. The maximum absolute atomic E-state index is 13.1. The highest BCUT2D eigenvalue weighted by Crippen LogP contribution is 2.45. The van der Waals surface area contributed by atoms with Gasteiger partial charge in [0.25, 0.3) is 0 Å². The van der Waals surface area contributed by atoms with Crippen LogP contribution in [0.2, 0.25) is 0 Å². The smallest absolute Gasteiger partial charge is 0.463 e. The van der Waals surface area contributed by atoms with Crippen LogP contribution in [-0.4, -0.2) is 111 Å². The zero-order chi connectivity index (χ0) is 71.5. The lowest BCUT2D eigenvalue weighted by atomic mass is 10.1. The third-order valence-corrected chi connectivity index (χ3v) is 17.9. The highest BCUT2D eigenvalue weighted by Gasteiger charge is 2.29. The van der Waals surface area contributed by atoms with E-state index >= 15 is 0 Å². The molecular formula is C79H138O17P2. The molecule has 17 nitrogen and oxygen atoms in total. The van der Waals surface area contributed by atoms with Crippen LogP contribution < -0.4 is 0 Å². The van der Waals surface area contributed by atoms with Crippen molar-refractivity contribution in [2.75, 3.05) is 52.9 Å². The first kappa shape index (κ1) is 94.3. The van der Waals surface area contributed by atoms with Gasteiger partial charge in [-0.3, -0.25) is 27.7 Å². The lowest BCUT2D eigenvalue weighted by Gasteiger charge is -2.21. The van der Waals surface area contributed by atoms with Crippen molar-refractivity contribution in [2.24, 2.45) is 0 Å². The monoisotopic (exact) mass is 1420 g/mol. The first-order valence-electron chi connectivity index (χ1n) is 38.4. The minimum atomic E-state index is -4.87. The minimum Gasteiger partial charge on any atom is -0.463 e. The summed E-state index contributed by atoms with van der Waals surface area (Å²) in [4.78, 5) is 68.0.